The molecule has 0 N–H and O–H groups in total. The minimum atomic E-state index is -3.69. The molecule has 0 spiro atoms. The molecule has 9 nitrogen and oxygen atoms in total. The van der Waals surface area contributed by atoms with Gasteiger partial charge in [-0.15, -0.1) is 0 Å². The number of likely N-dealkylation sites (tertiary alicyclic amines) is 1. The summed E-state index contributed by atoms with van der Waals surface area (Å²) in [6.07, 6.45) is 4.97. The Morgan fingerprint density at radius 1 is 1.21 bits per heavy atom. The number of nitrogens with zero attached hydrogens (tertiary/aromatic N) is 3. The van der Waals surface area contributed by atoms with E-state index in [0.29, 0.717) is 37.0 Å². The Morgan fingerprint density at radius 2 is 1.91 bits per heavy atom. The van der Waals surface area contributed by atoms with Gasteiger partial charge in [0.15, 0.2) is 9.84 Å². The minimum absolute atomic E-state index is 0.0773. The summed E-state index contributed by atoms with van der Waals surface area (Å²) in [7, 11) is -3.69. The summed E-state index contributed by atoms with van der Waals surface area (Å²) in [5.41, 5.74) is 1.22. The van der Waals surface area contributed by atoms with E-state index in [1.54, 1.807) is 11.2 Å². The Hall–Kier alpha value is -3.21. The van der Waals surface area contributed by atoms with Crippen LogP contribution in [0.4, 0.5) is 9.18 Å². The van der Waals surface area contributed by atoms with Crippen molar-refractivity contribution in [1.82, 2.24) is 14.9 Å². The van der Waals surface area contributed by atoms with Crippen LogP contribution in [-0.2, 0) is 14.6 Å². The maximum absolute atomic E-state index is 14.2. The molecule has 1 aromatic carbocycles. The van der Waals surface area contributed by atoms with E-state index in [-0.39, 0.29) is 23.6 Å². The van der Waals surface area contributed by atoms with Gasteiger partial charge in [-0.3, -0.25) is 0 Å². The van der Waals surface area contributed by atoms with Crippen molar-refractivity contribution in [2.24, 2.45) is 0 Å². The Bertz CT molecular complexity index is 1320. The van der Waals surface area contributed by atoms with Gasteiger partial charge in [0.25, 0.3) is 5.88 Å². The summed E-state index contributed by atoms with van der Waals surface area (Å²) in [5, 5.41) is 0. The number of fused-ring (bicyclic) bond motifs is 1. The molecule has 0 atom stereocenters. The number of furan rings is 1. The molecule has 1 saturated heterocycles. The zero-order valence-corrected chi connectivity index (χ0v) is 20.2. The molecule has 0 saturated carbocycles. The molecule has 182 valence electrons. The summed E-state index contributed by atoms with van der Waals surface area (Å²) in [6, 6.07) is 3.48. The van der Waals surface area contributed by atoms with Crippen LogP contribution in [0.3, 0.4) is 0 Å². The van der Waals surface area contributed by atoms with Crippen molar-refractivity contribution in [3.05, 3.63) is 42.2 Å². The van der Waals surface area contributed by atoms with Crippen LogP contribution < -0.4 is 4.74 Å². The first-order chi connectivity index (χ1) is 15.9. The lowest BCUT2D eigenvalue weighted by Gasteiger charge is -2.33. The van der Waals surface area contributed by atoms with E-state index in [4.69, 9.17) is 13.9 Å². The Balaban J connectivity index is 1.51. The Morgan fingerprint density at radius 3 is 2.53 bits per heavy atom. The standard InChI is InChI=1S/C23H26FN3O6S/c1-23(2,3)33-22(28)27-9-7-14(8-10-27)16-12-31-20-19(16)25-13-26-21(20)32-15-5-6-18(17(24)11-15)34(4,29)30/h5-6,11-14H,7-10H2,1-4H3. The lowest BCUT2D eigenvalue weighted by Crippen LogP contribution is -2.41. The van der Waals surface area contributed by atoms with Gasteiger partial charge in [-0.25, -0.2) is 22.6 Å². The fourth-order valence-corrected chi connectivity index (χ4v) is 4.60. The maximum Gasteiger partial charge on any atom is 0.410 e. The highest BCUT2D eigenvalue weighted by atomic mass is 32.2. The van der Waals surface area contributed by atoms with Gasteiger partial charge in [0.2, 0.25) is 5.58 Å². The number of piperidine rings is 1. The number of carbonyl (C=O) groups is 1. The van der Waals surface area contributed by atoms with Gasteiger partial charge in [-0.2, -0.15) is 4.98 Å². The smallest absolute Gasteiger partial charge is 0.410 e. The summed E-state index contributed by atoms with van der Waals surface area (Å²) in [4.78, 5) is 22.0. The number of benzene rings is 1. The normalized spacial score (nSPS) is 15.5. The quantitative estimate of drug-likeness (QED) is 0.517. The number of carbonyl (C=O) groups excluding carboxylic acids is 1. The van der Waals surface area contributed by atoms with E-state index in [1.807, 2.05) is 20.8 Å². The Labute approximate surface area is 196 Å². The molecule has 0 unspecified atom stereocenters. The molecule has 0 bridgehead atoms. The first-order valence-corrected chi connectivity index (χ1v) is 12.7. The van der Waals surface area contributed by atoms with Gasteiger partial charge in [0, 0.05) is 31.0 Å². The molecular weight excluding hydrogens is 465 g/mol. The number of aromatic nitrogens is 2. The molecule has 0 radical (unpaired) electrons. The van der Waals surface area contributed by atoms with Crippen LogP contribution in [0.2, 0.25) is 0 Å². The number of rotatable bonds is 4. The number of amides is 1. The van der Waals surface area contributed by atoms with E-state index in [1.165, 1.54) is 12.4 Å². The van der Waals surface area contributed by atoms with Crippen LogP contribution in [0.1, 0.15) is 45.1 Å². The summed E-state index contributed by atoms with van der Waals surface area (Å²) >= 11 is 0. The molecular formula is C23H26FN3O6S. The van der Waals surface area contributed by atoms with Crippen molar-refractivity contribution in [3.63, 3.8) is 0 Å². The number of sulfone groups is 1. The number of hydrogen-bond donors (Lipinski definition) is 0. The largest absolute Gasteiger partial charge is 0.457 e. The SMILES string of the molecule is CC(C)(C)OC(=O)N1CCC(c2coc3c(Oc4ccc(S(C)(=O)=O)c(F)c4)ncnc23)CC1. The second kappa shape index (κ2) is 8.86. The summed E-state index contributed by atoms with van der Waals surface area (Å²) < 4.78 is 54.3. The third-order valence-corrected chi connectivity index (χ3v) is 6.58. The highest BCUT2D eigenvalue weighted by Gasteiger charge is 2.30. The average molecular weight is 492 g/mol. The van der Waals surface area contributed by atoms with E-state index >= 15 is 0 Å². The fourth-order valence-electron chi connectivity index (χ4n) is 3.87. The van der Waals surface area contributed by atoms with Crippen molar-refractivity contribution in [3.8, 4) is 11.6 Å². The van der Waals surface area contributed by atoms with E-state index in [9.17, 15) is 17.6 Å². The van der Waals surface area contributed by atoms with Crippen LogP contribution >= 0.6 is 0 Å². The van der Waals surface area contributed by atoms with Crippen molar-refractivity contribution < 1.29 is 31.5 Å². The van der Waals surface area contributed by atoms with Gasteiger partial charge < -0.3 is 18.8 Å². The molecule has 1 fully saturated rings. The molecule has 1 aliphatic rings. The first-order valence-electron chi connectivity index (χ1n) is 10.8. The molecule has 0 aliphatic carbocycles. The third-order valence-electron chi connectivity index (χ3n) is 5.45. The number of hydrogen-bond acceptors (Lipinski definition) is 8. The Kier molecular flexibility index (Phi) is 6.24. The van der Waals surface area contributed by atoms with E-state index < -0.39 is 26.2 Å². The molecule has 4 rings (SSSR count). The molecule has 3 aromatic rings. The molecule has 2 aromatic heterocycles. The maximum atomic E-state index is 14.2. The van der Waals surface area contributed by atoms with Crippen molar-refractivity contribution in [1.29, 1.82) is 0 Å². The molecule has 1 aliphatic heterocycles. The molecule has 34 heavy (non-hydrogen) atoms. The predicted octanol–water partition coefficient (Wildman–Crippen LogP) is 4.67. The predicted molar refractivity (Wildman–Crippen MR) is 121 cm³/mol. The lowest BCUT2D eigenvalue weighted by atomic mass is 9.90. The highest BCUT2D eigenvalue weighted by molar-refractivity contribution is 7.90. The van der Waals surface area contributed by atoms with E-state index in [0.717, 1.165) is 24.0 Å². The second-order valence-electron chi connectivity index (χ2n) is 9.26. The minimum Gasteiger partial charge on any atom is -0.457 e. The van der Waals surface area contributed by atoms with Crippen molar-refractivity contribution in [2.75, 3.05) is 19.3 Å². The van der Waals surface area contributed by atoms with Gasteiger partial charge >= 0.3 is 6.09 Å². The van der Waals surface area contributed by atoms with Gasteiger partial charge in [0.1, 0.15) is 33.9 Å². The van der Waals surface area contributed by atoms with Crippen LogP contribution in [-0.4, -0.2) is 54.3 Å². The van der Waals surface area contributed by atoms with Crippen LogP contribution in [0, 0.1) is 5.82 Å². The molecule has 11 heteroatoms. The number of ether oxygens (including phenoxy) is 2. The van der Waals surface area contributed by atoms with E-state index in [2.05, 4.69) is 9.97 Å². The zero-order chi connectivity index (χ0) is 24.7. The van der Waals surface area contributed by atoms with Crippen LogP contribution in [0.5, 0.6) is 11.6 Å². The monoisotopic (exact) mass is 491 g/mol. The van der Waals surface area contributed by atoms with Gasteiger partial charge in [0.05, 0.1) is 6.26 Å². The van der Waals surface area contributed by atoms with Gasteiger partial charge in [-0.1, -0.05) is 0 Å². The second-order valence-corrected chi connectivity index (χ2v) is 11.2. The average Bonchev–Trinajstić information content (AvgIpc) is 3.17. The van der Waals surface area contributed by atoms with Gasteiger partial charge in [-0.05, 0) is 51.7 Å². The molecule has 3 heterocycles. The highest BCUT2D eigenvalue weighted by Crippen LogP contribution is 2.37. The van der Waals surface area contributed by atoms with Crippen LogP contribution in [0.25, 0.3) is 11.1 Å². The van der Waals surface area contributed by atoms with Crippen molar-refractivity contribution >= 4 is 27.0 Å². The third kappa shape index (κ3) is 5.14. The first kappa shape index (κ1) is 23.9. The zero-order valence-electron chi connectivity index (χ0n) is 19.4. The van der Waals surface area contributed by atoms with Crippen LogP contribution in [0.15, 0.2) is 40.1 Å². The summed E-state index contributed by atoms with van der Waals surface area (Å²) in [6.45, 7) is 6.61. The number of halogens is 1. The molecule has 1 amide bonds. The fraction of sp³-hybridized carbons (Fsp3) is 0.435. The lowest BCUT2D eigenvalue weighted by molar-refractivity contribution is 0.0205. The topological polar surface area (TPSA) is 112 Å². The van der Waals surface area contributed by atoms with Crippen molar-refractivity contribution in [2.45, 2.75) is 50.0 Å². The summed E-state index contributed by atoms with van der Waals surface area (Å²) in [5.74, 6) is -0.626.